The molecule has 1 unspecified atom stereocenters. The highest BCUT2D eigenvalue weighted by Crippen LogP contribution is 2.21. The van der Waals surface area contributed by atoms with Gasteiger partial charge in [0.25, 0.3) is 5.91 Å². The van der Waals surface area contributed by atoms with Gasteiger partial charge in [-0.3, -0.25) is 9.59 Å². The number of likely N-dealkylation sites (tertiary alicyclic amines) is 2. The Balaban J connectivity index is 1.32. The van der Waals surface area contributed by atoms with Crippen LogP contribution in [0.1, 0.15) is 28.2 Å². The van der Waals surface area contributed by atoms with Crippen molar-refractivity contribution < 1.29 is 9.59 Å². The number of amides is 2. The van der Waals surface area contributed by atoms with Crippen LogP contribution in [0.25, 0.3) is 5.69 Å². The van der Waals surface area contributed by atoms with Crippen LogP contribution in [0.15, 0.2) is 30.3 Å². The summed E-state index contributed by atoms with van der Waals surface area (Å²) in [6, 6.07) is 9.52. The zero-order chi connectivity index (χ0) is 20.5. The molecule has 0 aliphatic carbocycles. The van der Waals surface area contributed by atoms with E-state index in [9.17, 15) is 9.59 Å². The maximum absolute atomic E-state index is 12.8. The Morgan fingerprint density at radius 1 is 1.17 bits per heavy atom. The van der Waals surface area contributed by atoms with Gasteiger partial charge in [-0.15, -0.1) is 0 Å². The smallest absolute Gasteiger partial charge is 0.253 e. The van der Waals surface area contributed by atoms with Crippen molar-refractivity contribution in [1.29, 1.82) is 0 Å². The number of carbonyl (C=O) groups excluding carboxylic acids is 2. The monoisotopic (exact) mass is 395 g/mol. The van der Waals surface area contributed by atoms with Gasteiger partial charge in [-0.1, -0.05) is 6.07 Å². The standard InChI is InChI=1S/C22H29N5O2/c1-15-9-16(2)27(24-15)20-6-4-5-18(10-20)22(29)26-13-19(14-26)21(28)23-11-17-7-8-25(3)12-17/h4-6,9-10,17,19H,7-8,11-14H2,1-3H3,(H,23,28). The second kappa shape index (κ2) is 7.99. The molecule has 2 aromatic rings. The van der Waals surface area contributed by atoms with E-state index in [0.717, 1.165) is 43.1 Å². The molecule has 29 heavy (non-hydrogen) atoms. The van der Waals surface area contributed by atoms with Crippen molar-refractivity contribution in [3.63, 3.8) is 0 Å². The van der Waals surface area contributed by atoms with E-state index in [-0.39, 0.29) is 17.7 Å². The average Bonchev–Trinajstić information content (AvgIpc) is 3.23. The Hall–Kier alpha value is -2.67. The first-order valence-electron chi connectivity index (χ1n) is 10.3. The van der Waals surface area contributed by atoms with Crippen LogP contribution in [-0.4, -0.2) is 71.2 Å². The highest BCUT2D eigenvalue weighted by molar-refractivity contribution is 5.96. The van der Waals surface area contributed by atoms with Gasteiger partial charge in [-0.05, 0) is 64.0 Å². The van der Waals surface area contributed by atoms with E-state index < -0.39 is 0 Å². The number of nitrogens with one attached hydrogen (secondary N) is 1. The lowest BCUT2D eigenvalue weighted by atomic mass is 9.97. The second-order valence-electron chi connectivity index (χ2n) is 8.46. The van der Waals surface area contributed by atoms with E-state index in [0.29, 0.717) is 24.6 Å². The highest BCUT2D eigenvalue weighted by Gasteiger charge is 2.36. The topological polar surface area (TPSA) is 70.5 Å². The fraction of sp³-hybridized carbons (Fsp3) is 0.500. The molecule has 2 fully saturated rings. The molecule has 3 heterocycles. The molecule has 2 saturated heterocycles. The van der Waals surface area contributed by atoms with E-state index in [2.05, 4.69) is 22.4 Å². The Kier molecular flexibility index (Phi) is 5.41. The number of nitrogens with zero attached hydrogens (tertiary/aromatic N) is 4. The number of hydrogen-bond acceptors (Lipinski definition) is 4. The van der Waals surface area contributed by atoms with Crippen molar-refractivity contribution in [2.45, 2.75) is 20.3 Å². The lowest BCUT2D eigenvalue weighted by Gasteiger charge is -2.38. The van der Waals surface area contributed by atoms with Crippen LogP contribution in [0.3, 0.4) is 0 Å². The lowest BCUT2D eigenvalue weighted by Crippen LogP contribution is -2.56. The number of hydrogen-bond donors (Lipinski definition) is 1. The van der Waals surface area contributed by atoms with Gasteiger partial charge in [0.2, 0.25) is 5.91 Å². The molecule has 7 nitrogen and oxygen atoms in total. The first-order valence-corrected chi connectivity index (χ1v) is 10.3. The second-order valence-corrected chi connectivity index (χ2v) is 8.46. The molecule has 1 aromatic heterocycles. The lowest BCUT2D eigenvalue weighted by molar-refractivity contribution is -0.129. The SMILES string of the molecule is Cc1cc(C)n(-c2cccc(C(=O)N3CC(C(=O)NCC4CCN(C)C4)C3)c2)n1. The van der Waals surface area contributed by atoms with Crippen LogP contribution in [0.2, 0.25) is 0 Å². The number of aryl methyl sites for hydroxylation is 2. The van der Waals surface area contributed by atoms with Gasteiger partial charge in [0.15, 0.2) is 0 Å². The zero-order valence-corrected chi connectivity index (χ0v) is 17.4. The Morgan fingerprint density at radius 2 is 1.97 bits per heavy atom. The molecule has 2 aliphatic rings. The predicted molar refractivity (Wildman–Crippen MR) is 111 cm³/mol. The minimum Gasteiger partial charge on any atom is -0.355 e. The number of aromatic nitrogens is 2. The van der Waals surface area contributed by atoms with Crippen LogP contribution in [0.5, 0.6) is 0 Å². The molecule has 1 N–H and O–H groups in total. The van der Waals surface area contributed by atoms with Crippen LogP contribution in [0, 0.1) is 25.7 Å². The molecular weight excluding hydrogens is 366 g/mol. The van der Waals surface area contributed by atoms with Crippen LogP contribution in [0.4, 0.5) is 0 Å². The maximum Gasteiger partial charge on any atom is 0.253 e. The molecule has 0 saturated carbocycles. The molecular formula is C22H29N5O2. The van der Waals surface area contributed by atoms with E-state index in [1.807, 2.05) is 48.9 Å². The van der Waals surface area contributed by atoms with Crippen molar-refractivity contribution in [3.05, 3.63) is 47.3 Å². The largest absolute Gasteiger partial charge is 0.355 e. The van der Waals surface area contributed by atoms with E-state index >= 15 is 0 Å². The van der Waals surface area contributed by atoms with Crippen molar-refractivity contribution >= 4 is 11.8 Å². The third-order valence-electron chi connectivity index (χ3n) is 5.94. The quantitative estimate of drug-likeness (QED) is 0.835. The summed E-state index contributed by atoms with van der Waals surface area (Å²) in [5, 5.41) is 7.56. The molecule has 2 aliphatic heterocycles. The number of rotatable bonds is 5. The summed E-state index contributed by atoms with van der Waals surface area (Å²) >= 11 is 0. The normalized spacial score (nSPS) is 20.0. The third-order valence-corrected chi connectivity index (χ3v) is 5.94. The van der Waals surface area contributed by atoms with E-state index in [4.69, 9.17) is 0 Å². The highest BCUT2D eigenvalue weighted by atomic mass is 16.2. The molecule has 1 aromatic carbocycles. The summed E-state index contributed by atoms with van der Waals surface area (Å²) in [6.07, 6.45) is 1.14. The summed E-state index contributed by atoms with van der Waals surface area (Å²) in [4.78, 5) is 29.2. The van der Waals surface area contributed by atoms with Gasteiger partial charge >= 0.3 is 0 Å². The molecule has 154 valence electrons. The van der Waals surface area contributed by atoms with E-state index in [1.54, 1.807) is 4.90 Å². The summed E-state index contributed by atoms with van der Waals surface area (Å²) in [5.74, 6) is 0.478. The van der Waals surface area contributed by atoms with Gasteiger partial charge in [0, 0.05) is 37.4 Å². The minimum absolute atomic E-state index is 0.0325. The molecule has 7 heteroatoms. The van der Waals surface area contributed by atoms with Gasteiger partial charge in [0.05, 0.1) is 17.3 Å². The average molecular weight is 396 g/mol. The van der Waals surface area contributed by atoms with Crippen molar-refractivity contribution in [2.24, 2.45) is 11.8 Å². The van der Waals surface area contributed by atoms with Crippen LogP contribution in [-0.2, 0) is 4.79 Å². The first-order chi connectivity index (χ1) is 13.9. The fourth-order valence-corrected chi connectivity index (χ4v) is 4.24. The minimum atomic E-state index is -0.0997. The summed E-state index contributed by atoms with van der Waals surface area (Å²) < 4.78 is 1.85. The maximum atomic E-state index is 12.8. The van der Waals surface area contributed by atoms with E-state index in [1.165, 1.54) is 0 Å². The molecule has 1 atom stereocenters. The van der Waals surface area contributed by atoms with Gasteiger partial charge in [0.1, 0.15) is 0 Å². The fourth-order valence-electron chi connectivity index (χ4n) is 4.24. The zero-order valence-electron chi connectivity index (χ0n) is 17.4. The third kappa shape index (κ3) is 4.19. The molecule has 0 spiro atoms. The van der Waals surface area contributed by atoms with Gasteiger partial charge in [-0.2, -0.15) is 5.10 Å². The Bertz CT molecular complexity index is 916. The summed E-state index contributed by atoms with van der Waals surface area (Å²) in [7, 11) is 2.11. The summed E-state index contributed by atoms with van der Waals surface area (Å²) in [6.45, 7) is 7.80. The molecule has 4 rings (SSSR count). The van der Waals surface area contributed by atoms with Gasteiger partial charge < -0.3 is 15.1 Å². The number of benzene rings is 1. The van der Waals surface area contributed by atoms with Crippen LogP contribution >= 0.6 is 0 Å². The van der Waals surface area contributed by atoms with Gasteiger partial charge in [-0.25, -0.2) is 4.68 Å². The number of carbonyl (C=O) groups is 2. The Morgan fingerprint density at radius 3 is 2.62 bits per heavy atom. The van der Waals surface area contributed by atoms with Crippen molar-refractivity contribution in [2.75, 3.05) is 39.8 Å². The summed E-state index contributed by atoms with van der Waals surface area (Å²) in [5.41, 5.74) is 3.47. The molecule has 0 radical (unpaired) electrons. The van der Waals surface area contributed by atoms with Crippen molar-refractivity contribution in [1.82, 2.24) is 24.9 Å². The predicted octanol–water partition coefficient (Wildman–Crippen LogP) is 1.63. The van der Waals surface area contributed by atoms with Crippen molar-refractivity contribution in [3.8, 4) is 5.69 Å². The molecule has 0 bridgehead atoms. The van der Waals surface area contributed by atoms with Crippen LogP contribution < -0.4 is 5.32 Å². The Labute approximate surface area is 171 Å². The first kappa shape index (κ1) is 19.6. The molecule has 2 amide bonds.